The molecule has 3 amide bonds. The minimum Gasteiger partial charge on any atom is -0.444 e. The number of H-pyrrole nitrogens is 1. The number of hydrogen-bond donors (Lipinski definition) is 3. The number of benzene rings is 1. The number of nitrogens with one attached hydrogen (secondary N) is 2. The Labute approximate surface area is 188 Å². The van der Waals surface area contributed by atoms with Gasteiger partial charge in [-0.2, -0.15) is 0 Å². The number of urea groups is 1. The van der Waals surface area contributed by atoms with Gasteiger partial charge in [0.05, 0.1) is 11.0 Å². The molecule has 1 aromatic heterocycles. The lowest BCUT2D eigenvalue weighted by molar-refractivity contribution is 0.0168. The summed E-state index contributed by atoms with van der Waals surface area (Å²) in [6.07, 6.45) is 3.49. The first-order valence-electron chi connectivity index (χ1n) is 11.5. The maximum atomic E-state index is 12.7. The van der Waals surface area contributed by atoms with Gasteiger partial charge >= 0.3 is 12.1 Å². The van der Waals surface area contributed by atoms with Gasteiger partial charge in [0.2, 0.25) is 0 Å². The Hall–Kier alpha value is -2.97. The van der Waals surface area contributed by atoms with E-state index in [9.17, 15) is 9.59 Å². The van der Waals surface area contributed by atoms with E-state index in [1.165, 1.54) is 0 Å². The molecule has 1 aliphatic heterocycles. The van der Waals surface area contributed by atoms with E-state index in [4.69, 9.17) is 15.5 Å². The van der Waals surface area contributed by atoms with Crippen LogP contribution in [0.15, 0.2) is 18.2 Å². The molecule has 2 fully saturated rings. The van der Waals surface area contributed by atoms with Crippen molar-refractivity contribution in [1.29, 1.82) is 0 Å². The number of amides is 3. The minimum absolute atomic E-state index is 0.0449. The number of aromatic nitrogens is 2. The highest BCUT2D eigenvalue weighted by atomic mass is 16.6. The fraction of sp³-hybridized carbons (Fsp3) is 0.609. The monoisotopic (exact) mass is 442 g/mol. The summed E-state index contributed by atoms with van der Waals surface area (Å²) in [4.78, 5) is 36.5. The smallest absolute Gasteiger partial charge is 0.410 e. The highest BCUT2D eigenvalue weighted by Crippen LogP contribution is 2.32. The first kappa shape index (κ1) is 22.2. The van der Waals surface area contributed by atoms with E-state index in [1.54, 1.807) is 9.80 Å². The lowest BCUT2D eigenvalue weighted by atomic mass is 9.85. The highest BCUT2D eigenvalue weighted by molar-refractivity contribution is 5.79. The van der Waals surface area contributed by atoms with Crippen LogP contribution in [0.25, 0.3) is 11.0 Å². The second-order valence-corrected chi connectivity index (χ2v) is 9.85. The number of nitrogens with two attached hydrogens (primary N) is 1. The third-order valence-electron chi connectivity index (χ3n) is 6.18. The van der Waals surface area contributed by atoms with Crippen LogP contribution >= 0.6 is 0 Å². The molecule has 2 aliphatic rings. The molecule has 1 saturated heterocycles. The fourth-order valence-corrected chi connectivity index (χ4v) is 4.44. The Morgan fingerprint density at radius 2 is 1.75 bits per heavy atom. The topological polar surface area (TPSA) is 117 Å². The molecule has 32 heavy (non-hydrogen) atoms. The van der Waals surface area contributed by atoms with Crippen molar-refractivity contribution >= 4 is 28.8 Å². The second kappa shape index (κ2) is 8.88. The van der Waals surface area contributed by atoms with Crippen LogP contribution in [-0.2, 0) is 4.74 Å². The van der Waals surface area contributed by atoms with E-state index in [0.717, 1.165) is 48.2 Å². The van der Waals surface area contributed by atoms with Gasteiger partial charge in [-0.25, -0.2) is 14.6 Å². The van der Waals surface area contributed by atoms with Crippen molar-refractivity contribution < 1.29 is 14.3 Å². The molecule has 9 heteroatoms. The van der Waals surface area contributed by atoms with Crippen molar-refractivity contribution in [3.63, 3.8) is 0 Å². The number of nitrogen functional groups attached to an aromatic ring is 1. The van der Waals surface area contributed by atoms with E-state index in [1.807, 2.05) is 39.0 Å². The normalized spacial score (nSPS) is 22.1. The van der Waals surface area contributed by atoms with E-state index >= 15 is 0 Å². The Kier molecular flexibility index (Phi) is 6.17. The van der Waals surface area contributed by atoms with Crippen molar-refractivity contribution in [2.45, 2.75) is 64.0 Å². The molecule has 4 rings (SSSR count). The molecule has 9 nitrogen and oxygen atoms in total. The molecule has 0 radical (unpaired) electrons. The third-order valence-corrected chi connectivity index (χ3v) is 6.18. The van der Waals surface area contributed by atoms with Gasteiger partial charge in [0.15, 0.2) is 0 Å². The SMILES string of the molecule is CC(C)(C)OC(=O)N1CCN(C(=O)NC2CCC(c3nc4ccc(N)cc4[nH]3)CC2)CC1. The summed E-state index contributed by atoms with van der Waals surface area (Å²) < 4.78 is 5.42. The third kappa shape index (κ3) is 5.26. The largest absolute Gasteiger partial charge is 0.444 e. The van der Waals surface area contributed by atoms with E-state index in [0.29, 0.717) is 32.1 Å². The molecule has 0 bridgehead atoms. The molecule has 0 atom stereocenters. The quantitative estimate of drug-likeness (QED) is 0.616. The number of carbonyl (C=O) groups is 2. The lowest BCUT2D eigenvalue weighted by Gasteiger charge is -2.37. The first-order chi connectivity index (χ1) is 15.2. The van der Waals surface area contributed by atoms with Crippen LogP contribution in [0, 0.1) is 0 Å². The number of imidazole rings is 1. The molecular weight excluding hydrogens is 408 g/mol. The first-order valence-corrected chi connectivity index (χ1v) is 11.5. The van der Waals surface area contributed by atoms with Crippen molar-refractivity contribution in [3.8, 4) is 0 Å². The predicted molar refractivity (Wildman–Crippen MR) is 123 cm³/mol. The molecular formula is C23H34N6O3. The second-order valence-electron chi connectivity index (χ2n) is 9.85. The van der Waals surface area contributed by atoms with Crippen LogP contribution in [0.1, 0.15) is 58.2 Å². The molecule has 2 aromatic rings. The zero-order valence-electron chi connectivity index (χ0n) is 19.2. The summed E-state index contributed by atoms with van der Waals surface area (Å²) in [7, 11) is 0. The number of hydrogen-bond acceptors (Lipinski definition) is 5. The van der Waals surface area contributed by atoms with Gasteiger partial charge in [0, 0.05) is 43.8 Å². The maximum Gasteiger partial charge on any atom is 0.410 e. The standard InChI is InChI=1S/C23H34N6O3/c1-23(2,3)32-22(31)29-12-10-28(11-13-29)21(30)25-17-7-4-15(5-8-17)20-26-18-9-6-16(24)14-19(18)27-20/h6,9,14-15,17H,4-5,7-8,10-13,24H2,1-3H3,(H,25,30)(H,26,27). The van der Waals surface area contributed by atoms with Crippen LogP contribution in [-0.4, -0.2) is 69.7 Å². The number of carbonyl (C=O) groups excluding carboxylic acids is 2. The maximum absolute atomic E-state index is 12.7. The number of rotatable bonds is 2. The Balaban J connectivity index is 1.23. The van der Waals surface area contributed by atoms with Crippen LogP contribution in [0.5, 0.6) is 0 Å². The van der Waals surface area contributed by atoms with Gasteiger partial charge in [0.25, 0.3) is 0 Å². The number of anilines is 1. The summed E-state index contributed by atoms with van der Waals surface area (Å²) in [6, 6.07) is 5.85. The number of fused-ring (bicyclic) bond motifs is 1. The predicted octanol–water partition coefficient (Wildman–Crippen LogP) is 3.43. The zero-order chi connectivity index (χ0) is 22.9. The van der Waals surface area contributed by atoms with E-state index in [-0.39, 0.29) is 18.2 Å². The van der Waals surface area contributed by atoms with Crippen LogP contribution in [0.2, 0.25) is 0 Å². The number of ether oxygens (including phenoxy) is 1. The Bertz CT molecular complexity index is 966. The number of aromatic amines is 1. The average Bonchev–Trinajstić information content (AvgIpc) is 3.16. The molecule has 1 saturated carbocycles. The Morgan fingerprint density at radius 3 is 2.41 bits per heavy atom. The lowest BCUT2D eigenvalue weighted by Crippen LogP contribution is -2.55. The van der Waals surface area contributed by atoms with Crippen LogP contribution in [0.3, 0.4) is 0 Å². The van der Waals surface area contributed by atoms with Crippen LogP contribution in [0.4, 0.5) is 15.3 Å². The molecule has 1 aliphatic carbocycles. The van der Waals surface area contributed by atoms with Crippen molar-refractivity contribution in [2.75, 3.05) is 31.9 Å². The Morgan fingerprint density at radius 1 is 1.09 bits per heavy atom. The van der Waals surface area contributed by atoms with Gasteiger partial charge in [-0.05, 0) is 64.7 Å². The fourth-order valence-electron chi connectivity index (χ4n) is 4.44. The summed E-state index contributed by atoms with van der Waals surface area (Å²) in [6.45, 7) is 7.58. The highest BCUT2D eigenvalue weighted by Gasteiger charge is 2.30. The molecule has 0 unspecified atom stereocenters. The number of piperazine rings is 1. The molecule has 174 valence electrons. The minimum atomic E-state index is -0.514. The van der Waals surface area contributed by atoms with Crippen molar-refractivity contribution in [1.82, 2.24) is 25.1 Å². The van der Waals surface area contributed by atoms with E-state index < -0.39 is 5.60 Å². The van der Waals surface area contributed by atoms with Gasteiger partial charge in [-0.3, -0.25) is 0 Å². The average molecular weight is 443 g/mol. The van der Waals surface area contributed by atoms with Gasteiger partial charge in [0.1, 0.15) is 11.4 Å². The summed E-state index contributed by atoms with van der Waals surface area (Å²) in [5.41, 5.74) is 7.99. The van der Waals surface area contributed by atoms with Crippen molar-refractivity contribution in [2.24, 2.45) is 0 Å². The van der Waals surface area contributed by atoms with Gasteiger partial charge in [-0.1, -0.05) is 0 Å². The zero-order valence-corrected chi connectivity index (χ0v) is 19.2. The van der Waals surface area contributed by atoms with Gasteiger partial charge < -0.3 is 30.6 Å². The van der Waals surface area contributed by atoms with Crippen LogP contribution < -0.4 is 11.1 Å². The number of nitrogens with zero attached hydrogens (tertiary/aromatic N) is 3. The molecule has 4 N–H and O–H groups in total. The van der Waals surface area contributed by atoms with Gasteiger partial charge in [-0.15, -0.1) is 0 Å². The molecule has 0 spiro atoms. The molecule has 1 aromatic carbocycles. The van der Waals surface area contributed by atoms with Crippen molar-refractivity contribution in [3.05, 3.63) is 24.0 Å². The summed E-state index contributed by atoms with van der Waals surface area (Å²) in [5, 5.41) is 3.18. The van der Waals surface area contributed by atoms with E-state index in [2.05, 4.69) is 10.3 Å². The summed E-state index contributed by atoms with van der Waals surface area (Å²) >= 11 is 0. The summed E-state index contributed by atoms with van der Waals surface area (Å²) in [5.74, 6) is 1.38. The molecule has 2 heterocycles.